The maximum absolute atomic E-state index is 5.98. The number of nitrogen functional groups attached to an aromatic ring is 1. The minimum Gasteiger partial charge on any atom is -0.383 e. The molecular formula is C13H20N6O. The van der Waals surface area contributed by atoms with Crippen molar-refractivity contribution in [2.24, 2.45) is 7.05 Å². The van der Waals surface area contributed by atoms with Crippen LogP contribution in [0.2, 0.25) is 0 Å². The highest BCUT2D eigenvalue weighted by Crippen LogP contribution is 2.18. The number of aryl methyl sites for hydroxylation is 1. The summed E-state index contributed by atoms with van der Waals surface area (Å²) in [6.07, 6.45) is 2.17. The highest BCUT2D eigenvalue weighted by molar-refractivity contribution is 5.84. The van der Waals surface area contributed by atoms with Gasteiger partial charge in [0.05, 0.1) is 30.3 Å². The van der Waals surface area contributed by atoms with Crippen molar-refractivity contribution in [3.8, 4) is 0 Å². The number of ether oxygens (including phenoxy) is 1. The molecule has 20 heavy (non-hydrogen) atoms. The van der Waals surface area contributed by atoms with Gasteiger partial charge < -0.3 is 10.5 Å². The predicted octanol–water partition coefficient (Wildman–Crippen LogP) is 0.555. The number of nitrogens with zero attached hydrogens (tertiary/aromatic N) is 5. The third-order valence-electron chi connectivity index (χ3n) is 3.53. The monoisotopic (exact) mass is 276 g/mol. The van der Waals surface area contributed by atoms with E-state index in [-0.39, 0.29) is 12.2 Å². The van der Waals surface area contributed by atoms with Crippen molar-refractivity contribution in [2.75, 3.05) is 18.8 Å². The van der Waals surface area contributed by atoms with Crippen LogP contribution in [-0.4, -0.2) is 49.9 Å². The first kappa shape index (κ1) is 13.3. The zero-order valence-electron chi connectivity index (χ0n) is 12.1. The molecule has 3 rings (SSSR count). The summed E-state index contributed by atoms with van der Waals surface area (Å²) in [6.45, 7) is 6.63. The largest absolute Gasteiger partial charge is 0.383 e. The maximum atomic E-state index is 5.98. The number of aromatic nitrogens is 4. The van der Waals surface area contributed by atoms with Gasteiger partial charge in [0.2, 0.25) is 0 Å². The fourth-order valence-corrected chi connectivity index (χ4v) is 2.78. The van der Waals surface area contributed by atoms with Crippen molar-refractivity contribution in [2.45, 2.75) is 32.6 Å². The van der Waals surface area contributed by atoms with Crippen LogP contribution in [0.3, 0.4) is 0 Å². The Hall–Kier alpha value is -1.73. The number of anilines is 1. The topological polar surface area (TPSA) is 82.1 Å². The smallest absolute Gasteiger partial charge is 0.163 e. The van der Waals surface area contributed by atoms with E-state index in [2.05, 4.69) is 33.8 Å². The van der Waals surface area contributed by atoms with Gasteiger partial charge in [0.1, 0.15) is 11.6 Å². The molecule has 7 heteroatoms. The van der Waals surface area contributed by atoms with Gasteiger partial charge in [-0.05, 0) is 13.8 Å². The molecule has 3 heterocycles. The van der Waals surface area contributed by atoms with E-state index in [1.54, 1.807) is 10.9 Å². The quantitative estimate of drug-likeness (QED) is 0.863. The molecular weight excluding hydrogens is 256 g/mol. The molecule has 2 aromatic rings. The fraction of sp³-hybridized carbons (Fsp3) is 0.615. The van der Waals surface area contributed by atoms with Gasteiger partial charge in [0.25, 0.3) is 0 Å². The molecule has 7 nitrogen and oxygen atoms in total. The lowest BCUT2D eigenvalue weighted by Crippen LogP contribution is -2.45. The van der Waals surface area contributed by atoms with Crippen LogP contribution < -0.4 is 5.73 Å². The first-order valence-electron chi connectivity index (χ1n) is 6.85. The van der Waals surface area contributed by atoms with Gasteiger partial charge in [0.15, 0.2) is 5.65 Å². The Morgan fingerprint density at radius 3 is 2.70 bits per heavy atom. The fourth-order valence-electron chi connectivity index (χ4n) is 2.78. The molecule has 2 aromatic heterocycles. The van der Waals surface area contributed by atoms with Gasteiger partial charge >= 0.3 is 0 Å². The number of rotatable bonds is 2. The van der Waals surface area contributed by atoms with Crippen molar-refractivity contribution in [1.29, 1.82) is 0 Å². The van der Waals surface area contributed by atoms with E-state index in [4.69, 9.17) is 10.5 Å². The minimum atomic E-state index is 0.233. The zero-order valence-corrected chi connectivity index (χ0v) is 12.1. The van der Waals surface area contributed by atoms with Gasteiger partial charge in [0, 0.05) is 20.1 Å². The van der Waals surface area contributed by atoms with E-state index in [0.717, 1.165) is 29.9 Å². The summed E-state index contributed by atoms with van der Waals surface area (Å²) >= 11 is 0. The molecule has 1 aliphatic heterocycles. The Balaban J connectivity index is 1.85. The number of fused-ring (bicyclic) bond motifs is 1. The van der Waals surface area contributed by atoms with Crippen LogP contribution in [0.5, 0.6) is 0 Å². The van der Waals surface area contributed by atoms with Crippen LogP contribution in [0.1, 0.15) is 19.7 Å². The highest BCUT2D eigenvalue weighted by atomic mass is 16.5. The van der Waals surface area contributed by atoms with Crippen LogP contribution in [0.15, 0.2) is 6.20 Å². The molecule has 108 valence electrons. The molecule has 0 amide bonds. The van der Waals surface area contributed by atoms with Crippen LogP contribution in [0.25, 0.3) is 11.0 Å². The minimum absolute atomic E-state index is 0.233. The second-order valence-electron chi connectivity index (χ2n) is 5.48. The average molecular weight is 276 g/mol. The van der Waals surface area contributed by atoms with Gasteiger partial charge in [-0.15, -0.1) is 0 Å². The molecule has 0 radical (unpaired) electrons. The third kappa shape index (κ3) is 2.46. The van der Waals surface area contributed by atoms with Crippen LogP contribution in [0, 0.1) is 0 Å². The van der Waals surface area contributed by atoms with Gasteiger partial charge in [-0.2, -0.15) is 5.10 Å². The number of morpholine rings is 1. The first-order chi connectivity index (χ1) is 9.52. The lowest BCUT2D eigenvalue weighted by Gasteiger charge is -2.34. The molecule has 0 bridgehead atoms. The normalized spacial score (nSPS) is 24.4. The van der Waals surface area contributed by atoms with E-state index in [0.29, 0.717) is 12.4 Å². The Morgan fingerprint density at radius 1 is 1.30 bits per heavy atom. The zero-order chi connectivity index (χ0) is 14.3. The van der Waals surface area contributed by atoms with Gasteiger partial charge in [-0.1, -0.05) is 0 Å². The Bertz CT molecular complexity index is 615. The maximum Gasteiger partial charge on any atom is 0.163 e. The summed E-state index contributed by atoms with van der Waals surface area (Å²) in [4.78, 5) is 11.3. The lowest BCUT2D eigenvalue weighted by atomic mass is 10.2. The number of hydrogen-bond donors (Lipinski definition) is 1. The summed E-state index contributed by atoms with van der Waals surface area (Å²) < 4.78 is 7.46. The second-order valence-corrected chi connectivity index (χ2v) is 5.48. The summed E-state index contributed by atoms with van der Waals surface area (Å²) in [7, 11) is 1.86. The SMILES string of the molecule is CC1CN(Cc2nc(N)c3cnn(C)c3n2)CC(C)O1. The Kier molecular flexibility index (Phi) is 3.31. The highest BCUT2D eigenvalue weighted by Gasteiger charge is 2.23. The summed E-state index contributed by atoms with van der Waals surface area (Å²) in [6, 6.07) is 0. The van der Waals surface area contributed by atoms with E-state index in [1.165, 1.54) is 0 Å². The molecule has 1 fully saturated rings. The molecule has 0 aliphatic carbocycles. The van der Waals surface area contributed by atoms with Crippen molar-refractivity contribution < 1.29 is 4.74 Å². The van der Waals surface area contributed by atoms with E-state index in [1.807, 2.05) is 7.05 Å². The van der Waals surface area contributed by atoms with E-state index >= 15 is 0 Å². The number of nitrogens with two attached hydrogens (primary N) is 1. The van der Waals surface area contributed by atoms with E-state index in [9.17, 15) is 0 Å². The average Bonchev–Trinajstić information content (AvgIpc) is 2.70. The summed E-state index contributed by atoms with van der Waals surface area (Å²) in [5.41, 5.74) is 6.76. The standard InChI is InChI=1S/C13H20N6O/c1-8-5-19(6-9(2)20-8)7-11-16-12(14)10-4-15-18(3)13(10)17-11/h4,8-9H,5-7H2,1-3H3,(H2,14,16,17). The van der Waals surface area contributed by atoms with Crippen molar-refractivity contribution >= 4 is 16.9 Å². The summed E-state index contributed by atoms with van der Waals surface area (Å²) in [5, 5.41) is 4.97. The van der Waals surface area contributed by atoms with Crippen LogP contribution in [0.4, 0.5) is 5.82 Å². The molecule has 2 unspecified atom stereocenters. The molecule has 0 aromatic carbocycles. The molecule has 2 N–H and O–H groups in total. The molecule has 2 atom stereocenters. The van der Waals surface area contributed by atoms with E-state index < -0.39 is 0 Å². The molecule has 1 aliphatic rings. The van der Waals surface area contributed by atoms with Gasteiger partial charge in [-0.3, -0.25) is 9.58 Å². The third-order valence-corrected chi connectivity index (χ3v) is 3.53. The number of hydrogen-bond acceptors (Lipinski definition) is 6. The second kappa shape index (κ2) is 4.99. The Labute approximate surface area is 117 Å². The predicted molar refractivity (Wildman–Crippen MR) is 76.0 cm³/mol. The van der Waals surface area contributed by atoms with Gasteiger partial charge in [-0.25, -0.2) is 9.97 Å². The van der Waals surface area contributed by atoms with Crippen LogP contribution in [-0.2, 0) is 18.3 Å². The molecule has 1 saturated heterocycles. The van der Waals surface area contributed by atoms with Crippen molar-refractivity contribution in [3.05, 3.63) is 12.0 Å². The molecule has 0 spiro atoms. The van der Waals surface area contributed by atoms with Crippen molar-refractivity contribution in [1.82, 2.24) is 24.6 Å². The molecule has 0 saturated carbocycles. The Morgan fingerprint density at radius 2 is 2.00 bits per heavy atom. The lowest BCUT2D eigenvalue weighted by molar-refractivity contribution is -0.0710. The van der Waals surface area contributed by atoms with Crippen LogP contribution >= 0.6 is 0 Å². The first-order valence-corrected chi connectivity index (χ1v) is 6.85. The van der Waals surface area contributed by atoms with Crippen molar-refractivity contribution in [3.63, 3.8) is 0 Å². The summed E-state index contributed by atoms with van der Waals surface area (Å²) in [5.74, 6) is 1.23.